The molecule has 2 bridgehead atoms. The first-order valence-corrected chi connectivity index (χ1v) is 8.67. The van der Waals surface area contributed by atoms with Gasteiger partial charge >= 0.3 is 0 Å². The van der Waals surface area contributed by atoms with E-state index in [1.165, 1.54) is 0 Å². The van der Waals surface area contributed by atoms with Crippen LogP contribution in [0.25, 0.3) is 11.1 Å². The third-order valence-corrected chi connectivity index (χ3v) is 5.17. The fraction of sp³-hybridized carbons (Fsp3) is 0.300. The first kappa shape index (κ1) is 16.6. The van der Waals surface area contributed by atoms with Crippen LogP contribution in [0.4, 0.5) is 5.69 Å². The number of benzene rings is 2. The average molecular weight is 351 g/mol. The number of nitrogens with zero attached hydrogens (tertiary/aromatic N) is 2. The number of primary amides is 1. The number of methoxy groups -OCH3 is 1. The lowest BCUT2D eigenvalue weighted by Crippen LogP contribution is -2.52. The predicted octanol–water partition coefficient (Wildman–Crippen LogP) is 1.64. The summed E-state index contributed by atoms with van der Waals surface area (Å²) >= 11 is 0. The summed E-state index contributed by atoms with van der Waals surface area (Å²) in [4.78, 5) is 27.9. The van der Waals surface area contributed by atoms with Gasteiger partial charge < -0.3 is 15.4 Å². The Balaban J connectivity index is 1.68. The quantitative estimate of drug-likeness (QED) is 0.888. The van der Waals surface area contributed by atoms with Gasteiger partial charge in [0, 0.05) is 6.54 Å². The molecule has 26 heavy (non-hydrogen) atoms. The molecule has 6 heteroatoms. The van der Waals surface area contributed by atoms with Gasteiger partial charge in [0.2, 0.25) is 11.8 Å². The van der Waals surface area contributed by atoms with Crippen molar-refractivity contribution in [2.75, 3.05) is 25.1 Å². The predicted molar refractivity (Wildman–Crippen MR) is 98.9 cm³/mol. The molecule has 2 aliphatic rings. The minimum atomic E-state index is -0.402. The van der Waals surface area contributed by atoms with Crippen molar-refractivity contribution in [1.29, 1.82) is 0 Å². The zero-order valence-electron chi connectivity index (χ0n) is 14.6. The van der Waals surface area contributed by atoms with Crippen LogP contribution in [0, 0.1) is 0 Å². The van der Waals surface area contributed by atoms with Crippen molar-refractivity contribution in [3.63, 3.8) is 0 Å². The van der Waals surface area contributed by atoms with Crippen LogP contribution in [-0.2, 0) is 9.59 Å². The Morgan fingerprint density at radius 3 is 2.62 bits per heavy atom. The lowest BCUT2D eigenvalue weighted by Gasteiger charge is -2.34. The Kier molecular flexibility index (Phi) is 4.12. The second-order valence-corrected chi connectivity index (χ2v) is 6.76. The first-order chi connectivity index (χ1) is 12.6. The van der Waals surface area contributed by atoms with E-state index in [0.717, 1.165) is 16.8 Å². The van der Waals surface area contributed by atoms with Crippen molar-refractivity contribution in [2.45, 2.75) is 18.5 Å². The van der Waals surface area contributed by atoms with Crippen molar-refractivity contribution < 1.29 is 14.3 Å². The van der Waals surface area contributed by atoms with Gasteiger partial charge in [-0.2, -0.15) is 0 Å². The van der Waals surface area contributed by atoms with Crippen molar-refractivity contribution in [3.05, 3.63) is 48.5 Å². The molecular weight excluding hydrogens is 330 g/mol. The number of nitrogens with two attached hydrogens (primary N) is 1. The highest BCUT2D eigenvalue weighted by Crippen LogP contribution is 2.41. The van der Waals surface area contributed by atoms with Gasteiger partial charge in [-0.3, -0.25) is 14.5 Å². The maximum atomic E-state index is 13.0. The van der Waals surface area contributed by atoms with Gasteiger partial charge in [0.25, 0.3) is 0 Å². The molecule has 2 N–H and O–H groups in total. The molecule has 0 aromatic heterocycles. The van der Waals surface area contributed by atoms with Crippen LogP contribution in [0.2, 0.25) is 0 Å². The second-order valence-electron chi connectivity index (χ2n) is 6.76. The third-order valence-electron chi connectivity index (χ3n) is 5.17. The van der Waals surface area contributed by atoms with Crippen LogP contribution in [0.3, 0.4) is 0 Å². The highest BCUT2D eigenvalue weighted by Gasteiger charge is 2.50. The first-order valence-electron chi connectivity index (χ1n) is 8.67. The Morgan fingerprint density at radius 1 is 1.19 bits per heavy atom. The number of ether oxygens (including phenoxy) is 1. The maximum absolute atomic E-state index is 13.0. The average Bonchev–Trinajstić information content (AvgIpc) is 3.18. The molecule has 0 unspecified atom stereocenters. The highest BCUT2D eigenvalue weighted by atomic mass is 16.5. The van der Waals surface area contributed by atoms with E-state index >= 15 is 0 Å². The van der Waals surface area contributed by atoms with E-state index in [0.29, 0.717) is 18.7 Å². The van der Waals surface area contributed by atoms with Gasteiger partial charge in [-0.05, 0) is 29.7 Å². The van der Waals surface area contributed by atoms with Crippen molar-refractivity contribution >= 4 is 17.5 Å². The zero-order chi connectivity index (χ0) is 18.3. The zero-order valence-corrected chi connectivity index (χ0v) is 14.6. The largest absolute Gasteiger partial charge is 0.495 e. The molecule has 6 nitrogen and oxygen atoms in total. The van der Waals surface area contributed by atoms with Crippen molar-refractivity contribution in [1.82, 2.24) is 4.90 Å². The number of anilines is 1. The van der Waals surface area contributed by atoms with Gasteiger partial charge in [0.1, 0.15) is 5.75 Å². The summed E-state index contributed by atoms with van der Waals surface area (Å²) in [5, 5.41) is 0. The van der Waals surface area contributed by atoms with E-state index in [1.807, 2.05) is 58.3 Å². The number of likely N-dealkylation sites (tertiary alicyclic amines) is 1. The third kappa shape index (κ3) is 2.72. The second kappa shape index (κ2) is 6.46. The fourth-order valence-corrected chi connectivity index (χ4v) is 4.04. The molecule has 0 aliphatic carbocycles. The monoisotopic (exact) mass is 351 g/mol. The smallest absolute Gasteiger partial charge is 0.244 e. The minimum Gasteiger partial charge on any atom is -0.495 e. The molecule has 4 rings (SSSR count). The molecule has 2 atom stereocenters. The molecule has 0 radical (unpaired) electrons. The van der Waals surface area contributed by atoms with Gasteiger partial charge in [-0.15, -0.1) is 0 Å². The van der Waals surface area contributed by atoms with Crippen LogP contribution in [-0.4, -0.2) is 49.0 Å². The Hall–Kier alpha value is -2.86. The van der Waals surface area contributed by atoms with E-state index < -0.39 is 5.91 Å². The fourth-order valence-electron chi connectivity index (χ4n) is 4.04. The molecule has 2 saturated heterocycles. The summed E-state index contributed by atoms with van der Waals surface area (Å²) in [6.45, 7) is 0.778. The summed E-state index contributed by atoms with van der Waals surface area (Å²) in [5.74, 6) is 0.276. The van der Waals surface area contributed by atoms with Crippen molar-refractivity contribution in [2.24, 2.45) is 5.73 Å². The Labute approximate surface area is 152 Å². The summed E-state index contributed by atoms with van der Waals surface area (Å²) < 4.78 is 5.51. The normalized spacial score (nSPS) is 22.0. The molecule has 2 aromatic carbocycles. The molecule has 0 saturated carbocycles. The lowest BCUT2D eigenvalue weighted by atomic mass is 10.0. The molecule has 2 fully saturated rings. The number of carbonyl (C=O) groups excluding carboxylic acids is 2. The van der Waals surface area contributed by atoms with Gasteiger partial charge in [0.05, 0.1) is 31.4 Å². The number of amides is 2. The van der Waals surface area contributed by atoms with Crippen LogP contribution >= 0.6 is 0 Å². The molecule has 2 amide bonds. The Bertz CT molecular complexity index is 853. The number of fused-ring (bicyclic) bond motifs is 2. The Morgan fingerprint density at radius 2 is 1.96 bits per heavy atom. The molecule has 2 aliphatic heterocycles. The SMILES string of the molecule is COc1ccc(-c2ccccc2)cc1N1C(=O)[C@@H]2C[C@H]1CN2CC(N)=O. The summed E-state index contributed by atoms with van der Waals surface area (Å²) in [7, 11) is 1.61. The van der Waals surface area contributed by atoms with Gasteiger partial charge in [-0.25, -0.2) is 0 Å². The number of piperazine rings is 1. The lowest BCUT2D eigenvalue weighted by molar-refractivity contribution is -0.125. The maximum Gasteiger partial charge on any atom is 0.244 e. The van der Waals surface area contributed by atoms with Crippen LogP contribution in [0.5, 0.6) is 5.75 Å². The van der Waals surface area contributed by atoms with E-state index in [4.69, 9.17) is 10.5 Å². The molecule has 2 heterocycles. The molecule has 2 aromatic rings. The number of hydrogen-bond acceptors (Lipinski definition) is 4. The highest BCUT2D eigenvalue weighted by molar-refractivity contribution is 6.03. The van der Waals surface area contributed by atoms with Crippen LogP contribution < -0.4 is 15.4 Å². The van der Waals surface area contributed by atoms with Crippen LogP contribution in [0.1, 0.15) is 6.42 Å². The van der Waals surface area contributed by atoms with E-state index in [-0.39, 0.29) is 24.5 Å². The molecular formula is C20H21N3O3. The standard InChI is InChI=1S/C20H21N3O3/c1-26-18-8-7-14(13-5-3-2-4-6-13)9-16(18)23-15-10-17(20(23)25)22(11-15)12-19(21)24/h2-9,15,17H,10-12H2,1H3,(H2,21,24)/t15-,17-/m0/s1. The molecule has 134 valence electrons. The summed E-state index contributed by atoms with van der Waals surface area (Å²) in [5.41, 5.74) is 8.20. The van der Waals surface area contributed by atoms with Crippen molar-refractivity contribution in [3.8, 4) is 16.9 Å². The molecule has 0 spiro atoms. The summed E-state index contributed by atoms with van der Waals surface area (Å²) in [6, 6.07) is 15.7. The topological polar surface area (TPSA) is 75.9 Å². The minimum absolute atomic E-state index is 0.00557. The van der Waals surface area contributed by atoms with E-state index in [1.54, 1.807) is 7.11 Å². The summed E-state index contributed by atoms with van der Waals surface area (Å²) in [6.07, 6.45) is 0.713. The van der Waals surface area contributed by atoms with E-state index in [2.05, 4.69) is 0 Å². The number of rotatable bonds is 5. The number of hydrogen-bond donors (Lipinski definition) is 1. The van der Waals surface area contributed by atoms with E-state index in [9.17, 15) is 9.59 Å². The van der Waals surface area contributed by atoms with Crippen LogP contribution in [0.15, 0.2) is 48.5 Å². The van der Waals surface area contributed by atoms with Gasteiger partial charge in [0.15, 0.2) is 0 Å². The van der Waals surface area contributed by atoms with Gasteiger partial charge in [-0.1, -0.05) is 36.4 Å². The number of carbonyl (C=O) groups is 2.